The standard InChI is InChI=1S/C19H22N4O2/c1-14-11-17(21-18(20-14)15-5-3-2-4-6-15)23-12-16(13-23)19(24)22-7-9-25-10-8-22/h2-6,11,16H,7-10,12-13H2,1H3. The quantitative estimate of drug-likeness (QED) is 0.853. The normalized spacial score (nSPS) is 18.1. The van der Waals surface area contributed by atoms with Crippen LogP contribution in [0, 0.1) is 12.8 Å². The van der Waals surface area contributed by atoms with Gasteiger partial charge in [-0.2, -0.15) is 0 Å². The van der Waals surface area contributed by atoms with E-state index in [0.717, 1.165) is 36.0 Å². The molecule has 2 fully saturated rings. The Morgan fingerprint density at radius 2 is 1.84 bits per heavy atom. The van der Waals surface area contributed by atoms with Crippen molar-refractivity contribution in [2.24, 2.45) is 5.92 Å². The highest BCUT2D eigenvalue weighted by Gasteiger charge is 2.36. The van der Waals surface area contributed by atoms with Gasteiger partial charge < -0.3 is 14.5 Å². The number of hydrogen-bond donors (Lipinski definition) is 0. The summed E-state index contributed by atoms with van der Waals surface area (Å²) < 4.78 is 5.32. The lowest BCUT2D eigenvalue weighted by Gasteiger charge is -2.42. The summed E-state index contributed by atoms with van der Waals surface area (Å²) >= 11 is 0. The number of aromatic nitrogens is 2. The van der Waals surface area contributed by atoms with Gasteiger partial charge in [-0.15, -0.1) is 0 Å². The van der Waals surface area contributed by atoms with E-state index < -0.39 is 0 Å². The first-order valence-corrected chi connectivity index (χ1v) is 8.73. The number of rotatable bonds is 3. The van der Waals surface area contributed by atoms with Crippen LogP contribution in [0.5, 0.6) is 0 Å². The number of ether oxygens (including phenoxy) is 1. The van der Waals surface area contributed by atoms with Crippen LogP contribution < -0.4 is 4.90 Å². The number of benzene rings is 1. The predicted octanol–water partition coefficient (Wildman–Crippen LogP) is 1.75. The van der Waals surface area contributed by atoms with Gasteiger partial charge in [0.05, 0.1) is 19.1 Å². The van der Waals surface area contributed by atoms with Crippen molar-refractivity contribution in [1.29, 1.82) is 0 Å². The molecular weight excluding hydrogens is 316 g/mol. The summed E-state index contributed by atoms with van der Waals surface area (Å²) in [6.07, 6.45) is 0. The summed E-state index contributed by atoms with van der Waals surface area (Å²) in [6, 6.07) is 12.0. The van der Waals surface area contributed by atoms with Gasteiger partial charge in [0, 0.05) is 43.5 Å². The zero-order valence-corrected chi connectivity index (χ0v) is 14.4. The Bertz CT molecular complexity index is 753. The molecule has 0 spiro atoms. The van der Waals surface area contributed by atoms with E-state index in [1.54, 1.807) is 0 Å². The number of carbonyl (C=O) groups is 1. The molecule has 130 valence electrons. The molecule has 6 heteroatoms. The molecule has 0 unspecified atom stereocenters. The highest BCUT2D eigenvalue weighted by Crippen LogP contribution is 2.27. The average molecular weight is 338 g/mol. The Hall–Kier alpha value is -2.47. The van der Waals surface area contributed by atoms with Gasteiger partial charge in [0.1, 0.15) is 5.82 Å². The van der Waals surface area contributed by atoms with Crippen molar-refractivity contribution in [2.75, 3.05) is 44.3 Å². The number of aryl methyl sites for hydroxylation is 1. The molecule has 2 saturated heterocycles. The van der Waals surface area contributed by atoms with Crippen LogP contribution in [0.3, 0.4) is 0 Å². The molecule has 25 heavy (non-hydrogen) atoms. The van der Waals surface area contributed by atoms with Gasteiger partial charge in [0.25, 0.3) is 0 Å². The second-order valence-corrected chi connectivity index (χ2v) is 6.60. The fourth-order valence-corrected chi connectivity index (χ4v) is 3.29. The lowest BCUT2D eigenvalue weighted by Crippen LogP contribution is -2.56. The van der Waals surface area contributed by atoms with Crippen LogP contribution >= 0.6 is 0 Å². The molecule has 1 aromatic heterocycles. The minimum absolute atomic E-state index is 0.0635. The van der Waals surface area contributed by atoms with E-state index in [-0.39, 0.29) is 11.8 Å². The minimum Gasteiger partial charge on any atom is -0.378 e. The molecule has 0 saturated carbocycles. The summed E-state index contributed by atoms with van der Waals surface area (Å²) in [7, 11) is 0. The first kappa shape index (κ1) is 16.0. The summed E-state index contributed by atoms with van der Waals surface area (Å²) in [4.78, 5) is 25.9. The number of anilines is 1. The average Bonchev–Trinajstić information content (AvgIpc) is 2.61. The zero-order valence-electron chi connectivity index (χ0n) is 14.4. The van der Waals surface area contributed by atoms with Crippen LogP contribution in [0.4, 0.5) is 5.82 Å². The molecule has 2 aliphatic rings. The molecule has 0 aliphatic carbocycles. The van der Waals surface area contributed by atoms with Crippen LogP contribution in [-0.2, 0) is 9.53 Å². The summed E-state index contributed by atoms with van der Waals surface area (Å²) in [5.74, 6) is 1.94. The smallest absolute Gasteiger partial charge is 0.229 e. The largest absolute Gasteiger partial charge is 0.378 e. The SMILES string of the molecule is Cc1cc(N2CC(C(=O)N3CCOCC3)C2)nc(-c2ccccc2)n1. The monoisotopic (exact) mass is 338 g/mol. The topological polar surface area (TPSA) is 58.6 Å². The molecule has 2 aliphatic heterocycles. The van der Waals surface area contributed by atoms with E-state index in [1.807, 2.05) is 48.2 Å². The highest BCUT2D eigenvalue weighted by atomic mass is 16.5. The molecule has 3 heterocycles. The van der Waals surface area contributed by atoms with E-state index in [4.69, 9.17) is 9.72 Å². The van der Waals surface area contributed by atoms with Gasteiger partial charge in [-0.25, -0.2) is 9.97 Å². The van der Waals surface area contributed by atoms with Crippen LogP contribution in [-0.4, -0.2) is 60.2 Å². The van der Waals surface area contributed by atoms with Crippen molar-refractivity contribution in [3.05, 3.63) is 42.1 Å². The van der Waals surface area contributed by atoms with Gasteiger partial charge in [0.15, 0.2) is 5.82 Å². The molecule has 0 bridgehead atoms. The van der Waals surface area contributed by atoms with E-state index in [0.29, 0.717) is 26.3 Å². The Morgan fingerprint density at radius 3 is 2.56 bits per heavy atom. The van der Waals surface area contributed by atoms with Gasteiger partial charge in [-0.1, -0.05) is 30.3 Å². The van der Waals surface area contributed by atoms with E-state index >= 15 is 0 Å². The van der Waals surface area contributed by atoms with Gasteiger partial charge in [-0.05, 0) is 6.92 Å². The Labute approximate surface area is 147 Å². The molecule has 1 aromatic carbocycles. The maximum atomic E-state index is 12.5. The van der Waals surface area contributed by atoms with Gasteiger partial charge >= 0.3 is 0 Å². The van der Waals surface area contributed by atoms with Crippen molar-refractivity contribution in [2.45, 2.75) is 6.92 Å². The maximum absolute atomic E-state index is 12.5. The third-order valence-electron chi connectivity index (χ3n) is 4.75. The van der Waals surface area contributed by atoms with Crippen LogP contribution in [0.25, 0.3) is 11.4 Å². The second kappa shape index (κ2) is 6.80. The van der Waals surface area contributed by atoms with E-state index in [1.165, 1.54) is 0 Å². The van der Waals surface area contributed by atoms with Gasteiger partial charge in [0.2, 0.25) is 5.91 Å². The lowest BCUT2D eigenvalue weighted by atomic mass is 9.98. The van der Waals surface area contributed by atoms with E-state index in [2.05, 4.69) is 9.88 Å². The molecule has 0 N–H and O–H groups in total. The molecule has 0 atom stereocenters. The summed E-state index contributed by atoms with van der Waals surface area (Å²) in [5.41, 5.74) is 1.95. The van der Waals surface area contributed by atoms with Crippen LogP contribution in [0.2, 0.25) is 0 Å². The summed E-state index contributed by atoms with van der Waals surface area (Å²) in [6.45, 7) is 6.14. The first-order valence-electron chi connectivity index (χ1n) is 8.73. The van der Waals surface area contributed by atoms with Gasteiger partial charge in [-0.3, -0.25) is 4.79 Å². The number of carbonyl (C=O) groups excluding carboxylic acids is 1. The highest BCUT2D eigenvalue weighted by molar-refractivity contribution is 5.82. The third kappa shape index (κ3) is 3.35. The Morgan fingerprint density at radius 1 is 1.12 bits per heavy atom. The van der Waals surface area contributed by atoms with Crippen molar-refractivity contribution in [3.63, 3.8) is 0 Å². The lowest BCUT2D eigenvalue weighted by molar-refractivity contribution is -0.140. The molecule has 4 rings (SSSR count). The van der Waals surface area contributed by atoms with Crippen molar-refractivity contribution < 1.29 is 9.53 Å². The number of hydrogen-bond acceptors (Lipinski definition) is 5. The maximum Gasteiger partial charge on any atom is 0.229 e. The van der Waals surface area contributed by atoms with Crippen molar-refractivity contribution >= 4 is 11.7 Å². The first-order chi connectivity index (χ1) is 12.2. The molecule has 0 radical (unpaired) electrons. The van der Waals surface area contributed by atoms with Crippen molar-refractivity contribution in [1.82, 2.24) is 14.9 Å². The predicted molar refractivity (Wildman–Crippen MR) is 95.3 cm³/mol. The molecular formula is C19H22N4O2. The number of nitrogens with zero attached hydrogens (tertiary/aromatic N) is 4. The second-order valence-electron chi connectivity index (χ2n) is 6.60. The molecule has 1 amide bonds. The number of morpholine rings is 1. The fourth-order valence-electron chi connectivity index (χ4n) is 3.29. The molecule has 6 nitrogen and oxygen atoms in total. The third-order valence-corrected chi connectivity index (χ3v) is 4.75. The minimum atomic E-state index is 0.0635. The van der Waals surface area contributed by atoms with Crippen molar-refractivity contribution in [3.8, 4) is 11.4 Å². The zero-order chi connectivity index (χ0) is 17.2. The fraction of sp³-hybridized carbons (Fsp3) is 0.421. The Balaban J connectivity index is 1.45. The Kier molecular flexibility index (Phi) is 4.36. The van der Waals surface area contributed by atoms with Crippen LogP contribution in [0.15, 0.2) is 36.4 Å². The molecule has 2 aromatic rings. The number of amides is 1. The summed E-state index contributed by atoms with van der Waals surface area (Å²) in [5, 5.41) is 0. The van der Waals surface area contributed by atoms with E-state index in [9.17, 15) is 4.79 Å². The van der Waals surface area contributed by atoms with Crippen LogP contribution in [0.1, 0.15) is 5.69 Å².